The van der Waals surface area contributed by atoms with Crippen LogP contribution >= 0.6 is 0 Å². The average molecular weight is 437 g/mol. The van der Waals surface area contributed by atoms with Gasteiger partial charge in [0.2, 0.25) is 15.9 Å². The predicted molar refractivity (Wildman–Crippen MR) is 105 cm³/mol. The van der Waals surface area contributed by atoms with Crippen molar-refractivity contribution in [2.75, 3.05) is 6.54 Å². The Morgan fingerprint density at radius 2 is 1.70 bits per heavy atom. The van der Waals surface area contributed by atoms with Crippen molar-refractivity contribution in [3.63, 3.8) is 0 Å². The van der Waals surface area contributed by atoms with Crippen molar-refractivity contribution in [2.24, 2.45) is 0 Å². The van der Waals surface area contributed by atoms with E-state index in [1.54, 1.807) is 12.1 Å². The van der Waals surface area contributed by atoms with Crippen molar-refractivity contribution in [3.05, 3.63) is 65.2 Å². The maximum absolute atomic E-state index is 13.5. The van der Waals surface area contributed by atoms with Crippen LogP contribution in [-0.4, -0.2) is 32.8 Å². The smallest absolute Gasteiger partial charge is 0.254 e. The first kappa shape index (κ1) is 21.8. The van der Waals surface area contributed by atoms with Crippen molar-refractivity contribution in [2.45, 2.75) is 36.7 Å². The minimum atomic E-state index is -3.52. The lowest BCUT2D eigenvalue weighted by Crippen LogP contribution is -2.31. The number of hydrogen-bond acceptors (Lipinski definition) is 4. The van der Waals surface area contributed by atoms with E-state index in [1.807, 2.05) is 0 Å². The third kappa shape index (κ3) is 6.07. The first-order chi connectivity index (χ1) is 14.2. The van der Waals surface area contributed by atoms with Crippen LogP contribution < -0.4 is 15.4 Å². The van der Waals surface area contributed by atoms with Gasteiger partial charge in [0.05, 0.1) is 10.5 Å². The SMILES string of the molecule is O=C(CCNC(=O)c1ccc(F)cc1F)NCc1ccc(S(=O)(=O)NC2CC2)cc1. The van der Waals surface area contributed by atoms with Crippen molar-refractivity contribution in [1.29, 1.82) is 0 Å². The van der Waals surface area contributed by atoms with E-state index in [0.717, 1.165) is 25.0 Å². The lowest BCUT2D eigenvalue weighted by Gasteiger charge is -2.09. The maximum Gasteiger partial charge on any atom is 0.254 e. The lowest BCUT2D eigenvalue weighted by atomic mass is 10.2. The van der Waals surface area contributed by atoms with Gasteiger partial charge in [-0.3, -0.25) is 9.59 Å². The van der Waals surface area contributed by atoms with E-state index in [9.17, 15) is 26.8 Å². The Labute approximate surface area is 172 Å². The summed E-state index contributed by atoms with van der Waals surface area (Å²) in [6.45, 7) is 0.168. The van der Waals surface area contributed by atoms with Gasteiger partial charge in [0, 0.05) is 31.6 Å². The van der Waals surface area contributed by atoms with Gasteiger partial charge in [0.1, 0.15) is 11.6 Å². The number of carbonyl (C=O) groups excluding carboxylic acids is 2. The van der Waals surface area contributed by atoms with Gasteiger partial charge in [-0.15, -0.1) is 0 Å². The number of sulfonamides is 1. The number of halogens is 2. The molecule has 0 aliphatic heterocycles. The van der Waals surface area contributed by atoms with E-state index in [0.29, 0.717) is 11.6 Å². The van der Waals surface area contributed by atoms with Crippen LogP contribution in [0.3, 0.4) is 0 Å². The average Bonchev–Trinajstić information content (AvgIpc) is 3.50. The fourth-order valence-electron chi connectivity index (χ4n) is 2.62. The zero-order valence-corrected chi connectivity index (χ0v) is 16.8. The number of hydrogen-bond donors (Lipinski definition) is 3. The molecule has 2 aromatic rings. The van der Waals surface area contributed by atoms with Gasteiger partial charge in [-0.25, -0.2) is 21.9 Å². The first-order valence-corrected chi connectivity index (χ1v) is 10.8. The Kier molecular flexibility index (Phi) is 6.78. The van der Waals surface area contributed by atoms with E-state index in [1.165, 1.54) is 12.1 Å². The molecule has 0 spiro atoms. The Morgan fingerprint density at radius 1 is 1.00 bits per heavy atom. The van der Waals surface area contributed by atoms with Crippen molar-refractivity contribution < 1.29 is 26.8 Å². The van der Waals surface area contributed by atoms with E-state index in [4.69, 9.17) is 0 Å². The molecular weight excluding hydrogens is 416 g/mol. The standard InChI is InChI=1S/C20H21F2N3O4S/c21-14-3-8-17(18(22)11-14)20(27)23-10-9-19(26)24-12-13-1-6-16(7-2-13)30(28,29)25-15-4-5-15/h1-3,6-8,11,15,25H,4-5,9-10,12H2,(H,23,27)(H,24,26). The molecule has 0 heterocycles. The summed E-state index contributed by atoms with van der Waals surface area (Å²) in [5, 5.41) is 5.05. The molecule has 1 aliphatic rings. The number of nitrogens with one attached hydrogen (secondary N) is 3. The molecule has 0 unspecified atom stereocenters. The maximum atomic E-state index is 13.5. The zero-order valence-electron chi connectivity index (χ0n) is 16.0. The molecule has 160 valence electrons. The van der Waals surface area contributed by atoms with E-state index < -0.39 is 27.6 Å². The van der Waals surface area contributed by atoms with Gasteiger partial charge in [0.25, 0.3) is 5.91 Å². The normalized spacial score (nSPS) is 13.7. The van der Waals surface area contributed by atoms with E-state index in [2.05, 4.69) is 15.4 Å². The molecule has 3 N–H and O–H groups in total. The molecule has 1 fully saturated rings. The molecule has 0 atom stereocenters. The Balaban J connectivity index is 1.41. The Morgan fingerprint density at radius 3 is 2.33 bits per heavy atom. The molecule has 3 rings (SSSR count). The van der Waals surface area contributed by atoms with Crippen LogP contribution in [-0.2, 0) is 21.4 Å². The highest BCUT2D eigenvalue weighted by atomic mass is 32.2. The second kappa shape index (κ2) is 9.31. The molecule has 0 radical (unpaired) electrons. The van der Waals surface area contributed by atoms with Crippen LogP contribution in [0, 0.1) is 11.6 Å². The highest BCUT2D eigenvalue weighted by molar-refractivity contribution is 7.89. The number of benzene rings is 2. The summed E-state index contributed by atoms with van der Waals surface area (Å²) < 4.78 is 53.2. The number of amides is 2. The molecule has 2 aromatic carbocycles. The topological polar surface area (TPSA) is 104 Å². The Hall–Kier alpha value is -2.85. The molecule has 0 bridgehead atoms. The molecule has 0 aromatic heterocycles. The fraction of sp³-hybridized carbons (Fsp3) is 0.300. The van der Waals surface area contributed by atoms with Crippen LogP contribution in [0.4, 0.5) is 8.78 Å². The summed E-state index contributed by atoms with van der Waals surface area (Å²) in [7, 11) is -3.52. The third-order valence-corrected chi connectivity index (χ3v) is 5.97. The predicted octanol–water partition coefficient (Wildman–Crippen LogP) is 1.84. The van der Waals surface area contributed by atoms with Gasteiger partial charge in [-0.1, -0.05) is 12.1 Å². The lowest BCUT2D eigenvalue weighted by molar-refractivity contribution is -0.121. The second-order valence-electron chi connectivity index (χ2n) is 6.95. The van der Waals surface area contributed by atoms with Crippen molar-refractivity contribution >= 4 is 21.8 Å². The van der Waals surface area contributed by atoms with E-state index in [-0.39, 0.29) is 41.9 Å². The molecular formula is C20H21F2N3O4S. The third-order valence-electron chi connectivity index (χ3n) is 4.44. The molecule has 30 heavy (non-hydrogen) atoms. The monoisotopic (exact) mass is 437 g/mol. The minimum Gasteiger partial charge on any atom is -0.352 e. The summed E-state index contributed by atoms with van der Waals surface area (Å²) in [5.74, 6) is -2.85. The largest absolute Gasteiger partial charge is 0.352 e. The van der Waals surface area contributed by atoms with Crippen LogP contribution in [0.15, 0.2) is 47.4 Å². The van der Waals surface area contributed by atoms with Crippen LogP contribution in [0.5, 0.6) is 0 Å². The second-order valence-corrected chi connectivity index (χ2v) is 8.66. The Bertz CT molecular complexity index is 1040. The highest BCUT2D eigenvalue weighted by Gasteiger charge is 2.27. The highest BCUT2D eigenvalue weighted by Crippen LogP contribution is 2.22. The molecule has 1 aliphatic carbocycles. The molecule has 2 amide bonds. The van der Waals surface area contributed by atoms with E-state index >= 15 is 0 Å². The fourth-order valence-corrected chi connectivity index (χ4v) is 3.93. The summed E-state index contributed by atoms with van der Waals surface area (Å²) in [6, 6.07) is 8.82. The summed E-state index contributed by atoms with van der Waals surface area (Å²) in [5.41, 5.74) is 0.411. The number of carbonyl (C=O) groups is 2. The van der Waals surface area contributed by atoms with Crippen LogP contribution in [0.2, 0.25) is 0 Å². The summed E-state index contributed by atoms with van der Waals surface area (Å²) in [6.07, 6.45) is 1.66. The summed E-state index contributed by atoms with van der Waals surface area (Å²) >= 11 is 0. The van der Waals surface area contributed by atoms with Gasteiger partial charge < -0.3 is 10.6 Å². The van der Waals surface area contributed by atoms with Gasteiger partial charge >= 0.3 is 0 Å². The first-order valence-electron chi connectivity index (χ1n) is 9.36. The summed E-state index contributed by atoms with van der Waals surface area (Å²) in [4.78, 5) is 23.9. The van der Waals surface area contributed by atoms with Crippen molar-refractivity contribution in [1.82, 2.24) is 15.4 Å². The molecule has 10 heteroatoms. The van der Waals surface area contributed by atoms with Gasteiger partial charge in [-0.05, 0) is 42.7 Å². The molecule has 7 nitrogen and oxygen atoms in total. The number of rotatable bonds is 9. The van der Waals surface area contributed by atoms with Gasteiger partial charge in [-0.2, -0.15) is 0 Å². The minimum absolute atomic E-state index is 0.0222. The molecule has 0 saturated heterocycles. The quantitative estimate of drug-likeness (QED) is 0.557. The van der Waals surface area contributed by atoms with Gasteiger partial charge in [0.15, 0.2) is 0 Å². The molecule has 1 saturated carbocycles. The van der Waals surface area contributed by atoms with Crippen LogP contribution in [0.25, 0.3) is 0 Å². The van der Waals surface area contributed by atoms with Crippen molar-refractivity contribution in [3.8, 4) is 0 Å². The zero-order chi connectivity index (χ0) is 21.7. The van der Waals surface area contributed by atoms with Crippen LogP contribution in [0.1, 0.15) is 35.2 Å².